The average Bonchev–Trinajstić information content (AvgIpc) is 2.35. The normalized spacial score (nSPS) is 18.3. The molecule has 1 N–H and O–H groups in total. The van der Waals surface area contributed by atoms with Crippen molar-refractivity contribution in [2.45, 2.75) is 52.1 Å². The van der Waals surface area contributed by atoms with E-state index in [-0.39, 0.29) is 31.0 Å². The van der Waals surface area contributed by atoms with Gasteiger partial charge in [-0.15, -0.1) is 0 Å². The maximum atomic E-state index is 8.84. The summed E-state index contributed by atoms with van der Waals surface area (Å²) in [5.41, 5.74) is 0. The zero-order chi connectivity index (χ0) is 14.0. The van der Waals surface area contributed by atoms with Crippen molar-refractivity contribution >= 4 is 9.47 Å². The smallest absolute Gasteiger partial charge is 0.0816 e. The lowest BCUT2D eigenvalue weighted by Crippen LogP contribution is -2.27. The lowest BCUT2D eigenvalue weighted by Gasteiger charge is -2.20. The van der Waals surface area contributed by atoms with E-state index in [1.165, 1.54) is 0 Å². The highest BCUT2D eigenvalue weighted by atomic mass is 31.0. The highest BCUT2D eigenvalue weighted by molar-refractivity contribution is 7.09. The third kappa shape index (κ3) is 10.2. The number of rotatable bonds is 11. The minimum absolute atomic E-state index is 0.0232. The molecule has 0 aliphatic rings. The molecule has 0 spiro atoms. The second-order valence-electron chi connectivity index (χ2n) is 4.57. The molecule has 0 aromatic rings. The zero-order valence-corrected chi connectivity index (χ0v) is 13.0. The van der Waals surface area contributed by atoms with Crippen molar-refractivity contribution in [1.29, 1.82) is 0 Å². The van der Waals surface area contributed by atoms with Gasteiger partial charge in [0.15, 0.2) is 0 Å². The van der Waals surface area contributed by atoms with Crippen LogP contribution in [0.15, 0.2) is 0 Å². The van der Waals surface area contributed by atoms with Crippen LogP contribution in [0.4, 0.5) is 0 Å². The molecule has 0 amide bonds. The van der Waals surface area contributed by atoms with Crippen LogP contribution < -0.4 is 0 Å². The van der Waals surface area contributed by atoms with Gasteiger partial charge in [-0.3, -0.25) is 0 Å². The summed E-state index contributed by atoms with van der Waals surface area (Å²) in [7, 11) is 2.22. The van der Waals surface area contributed by atoms with Crippen molar-refractivity contribution in [2.24, 2.45) is 0 Å². The van der Waals surface area contributed by atoms with Crippen LogP contribution in [0.25, 0.3) is 0 Å². The van der Waals surface area contributed by atoms with Gasteiger partial charge in [-0.25, -0.2) is 0 Å². The number of hydrogen-bond acceptors (Lipinski definition) is 5. The standard InChI is InChI=1S/C12H27O5P/c1-9(5-13)16-11(3)7-14-6-10(2)15-8-12(4)17-18/h9-13H,5-8,18H2,1-4H3. The van der Waals surface area contributed by atoms with E-state index in [4.69, 9.17) is 23.8 Å². The molecule has 0 heterocycles. The quantitative estimate of drug-likeness (QED) is 0.580. The Morgan fingerprint density at radius 1 is 0.889 bits per heavy atom. The van der Waals surface area contributed by atoms with Crippen LogP contribution in [-0.4, -0.2) is 55.9 Å². The van der Waals surface area contributed by atoms with Crippen molar-refractivity contribution in [3.63, 3.8) is 0 Å². The van der Waals surface area contributed by atoms with Crippen molar-refractivity contribution in [3.05, 3.63) is 0 Å². The zero-order valence-electron chi connectivity index (χ0n) is 11.8. The molecule has 0 aromatic heterocycles. The Labute approximate surface area is 112 Å². The molecule has 0 bridgehead atoms. The molecule has 6 heteroatoms. The average molecular weight is 282 g/mol. The van der Waals surface area contributed by atoms with E-state index in [1.807, 2.05) is 27.7 Å². The minimum Gasteiger partial charge on any atom is -0.394 e. The number of ether oxygens (including phenoxy) is 3. The summed E-state index contributed by atoms with van der Waals surface area (Å²) >= 11 is 0. The van der Waals surface area contributed by atoms with Crippen LogP contribution in [0, 0.1) is 0 Å². The fourth-order valence-corrected chi connectivity index (χ4v) is 1.34. The maximum Gasteiger partial charge on any atom is 0.0816 e. The molecule has 0 aliphatic carbocycles. The molecule has 0 saturated carbocycles. The lowest BCUT2D eigenvalue weighted by molar-refractivity contribution is -0.0798. The molecule has 18 heavy (non-hydrogen) atoms. The van der Waals surface area contributed by atoms with Crippen molar-refractivity contribution in [3.8, 4) is 0 Å². The first-order chi connectivity index (χ1) is 8.49. The first kappa shape index (κ1) is 18.2. The van der Waals surface area contributed by atoms with Crippen LogP contribution in [-0.2, 0) is 18.7 Å². The summed E-state index contributed by atoms with van der Waals surface area (Å²) in [5.74, 6) is 0. The topological polar surface area (TPSA) is 57.2 Å². The molecule has 0 saturated heterocycles. The van der Waals surface area contributed by atoms with Crippen molar-refractivity contribution in [1.82, 2.24) is 0 Å². The van der Waals surface area contributed by atoms with Gasteiger partial charge in [-0.1, -0.05) is 0 Å². The molecule has 0 radical (unpaired) electrons. The summed E-state index contributed by atoms with van der Waals surface area (Å²) in [5, 5.41) is 8.84. The van der Waals surface area contributed by atoms with Crippen molar-refractivity contribution in [2.75, 3.05) is 26.4 Å². The largest absolute Gasteiger partial charge is 0.394 e. The van der Waals surface area contributed by atoms with E-state index in [0.717, 1.165) is 0 Å². The van der Waals surface area contributed by atoms with E-state index in [1.54, 1.807) is 0 Å². The van der Waals surface area contributed by atoms with Gasteiger partial charge in [0.1, 0.15) is 0 Å². The maximum absolute atomic E-state index is 8.84. The third-order valence-corrected chi connectivity index (χ3v) is 2.74. The molecule has 0 rings (SSSR count). The summed E-state index contributed by atoms with van der Waals surface area (Å²) < 4.78 is 21.5. The first-order valence-corrected chi connectivity index (χ1v) is 6.77. The summed E-state index contributed by atoms with van der Waals surface area (Å²) in [6, 6.07) is 0. The van der Waals surface area contributed by atoms with Crippen molar-refractivity contribution < 1.29 is 23.8 Å². The van der Waals surface area contributed by atoms with Gasteiger partial charge < -0.3 is 23.8 Å². The van der Waals surface area contributed by atoms with Gasteiger partial charge in [0.25, 0.3) is 0 Å². The lowest BCUT2D eigenvalue weighted by atomic mass is 10.3. The Morgan fingerprint density at radius 3 is 2.06 bits per heavy atom. The highest BCUT2D eigenvalue weighted by Gasteiger charge is 2.10. The monoisotopic (exact) mass is 282 g/mol. The van der Waals surface area contributed by atoms with Crippen LogP contribution in [0.2, 0.25) is 0 Å². The summed E-state index contributed by atoms with van der Waals surface area (Å²) in [4.78, 5) is 0. The van der Waals surface area contributed by atoms with Crippen LogP contribution >= 0.6 is 9.47 Å². The van der Waals surface area contributed by atoms with E-state index in [9.17, 15) is 0 Å². The Kier molecular flexibility index (Phi) is 11.2. The molecular formula is C12H27O5P. The second-order valence-corrected chi connectivity index (χ2v) is 4.84. The molecular weight excluding hydrogens is 255 g/mol. The van der Waals surface area contributed by atoms with Gasteiger partial charge in [-0.05, 0) is 27.7 Å². The van der Waals surface area contributed by atoms with E-state index >= 15 is 0 Å². The van der Waals surface area contributed by atoms with Gasteiger partial charge in [-0.2, -0.15) is 0 Å². The van der Waals surface area contributed by atoms with Gasteiger partial charge >= 0.3 is 0 Å². The second kappa shape index (κ2) is 11.1. The molecule has 0 aromatic carbocycles. The number of hydrogen-bond donors (Lipinski definition) is 1. The van der Waals surface area contributed by atoms with Crippen LogP contribution in [0.5, 0.6) is 0 Å². The predicted octanol–water partition coefficient (Wildman–Crippen LogP) is 1.39. The fourth-order valence-electron chi connectivity index (χ4n) is 1.27. The number of aliphatic hydroxyl groups excluding tert-OH is 1. The summed E-state index contributed by atoms with van der Waals surface area (Å²) in [6.07, 6.45) is -0.105. The molecule has 5 unspecified atom stereocenters. The molecule has 0 aliphatic heterocycles. The predicted molar refractivity (Wildman–Crippen MR) is 73.6 cm³/mol. The fraction of sp³-hybridized carbons (Fsp3) is 1.00. The molecule has 0 fully saturated rings. The molecule has 5 atom stereocenters. The van der Waals surface area contributed by atoms with Crippen LogP contribution in [0.3, 0.4) is 0 Å². The Balaban J connectivity index is 3.52. The van der Waals surface area contributed by atoms with Gasteiger partial charge in [0, 0.05) is 9.47 Å². The third-order valence-electron chi connectivity index (χ3n) is 2.27. The first-order valence-electron chi connectivity index (χ1n) is 6.30. The Morgan fingerprint density at radius 2 is 1.50 bits per heavy atom. The van der Waals surface area contributed by atoms with E-state index < -0.39 is 0 Å². The Hall–Kier alpha value is 0.230. The van der Waals surface area contributed by atoms with Gasteiger partial charge in [0.2, 0.25) is 0 Å². The Bertz CT molecular complexity index is 193. The van der Waals surface area contributed by atoms with Crippen LogP contribution in [0.1, 0.15) is 27.7 Å². The number of aliphatic hydroxyl groups is 1. The van der Waals surface area contributed by atoms with E-state index in [2.05, 4.69) is 9.47 Å². The summed E-state index contributed by atoms with van der Waals surface area (Å²) in [6.45, 7) is 9.22. The highest BCUT2D eigenvalue weighted by Crippen LogP contribution is 2.02. The van der Waals surface area contributed by atoms with Gasteiger partial charge in [0.05, 0.1) is 50.8 Å². The molecule has 110 valence electrons. The minimum atomic E-state index is -0.155. The molecule has 5 nitrogen and oxygen atoms in total. The van der Waals surface area contributed by atoms with E-state index in [0.29, 0.717) is 19.8 Å². The SMILES string of the molecule is CC(COC(C)COCC(C)OC(C)CO)OP.